The molecule has 70 valence electrons. The molecule has 1 aliphatic rings. The second kappa shape index (κ2) is 3.80. The van der Waals surface area contributed by atoms with Crippen LogP contribution in [-0.2, 0) is 14.6 Å². The van der Waals surface area contributed by atoms with Crippen molar-refractivity contribution in [2.45, 2.75) is 19.8 Å². The van der Waals surface area contributed by atoms with Crippen molar-refractivity contribution in [3.05, 3.63) is 0 Å². The van der Waals surface area contributed by atoms with E-state index in [1.807, 2.05) is 0 Å². The van der Waals surface area contributed by atoms with Crippen LogP contribution in [0.2, 0.25) is 0 Å². The zero-order valence-electron chi connectivity index (χ0n) is 6.63. The van der Waals surface area contributed by atoms with Gasteiger partial charge >= 0.3 is 5.97 Å². The van der Waals surface area contributed by atoms with Gasteiger partial charge in [-0.3, -0.25) is 4.89 Å². The van der Waals surface area contributed by atoms with Crippen molar-refractivity contribution in [1.82, 2.24) is 0 Å². The Morgan fingerprint density at radius 2 is 2.33 bits per heavy atom. The number of rotatable bonds is 4. The maximum absolute atomic E-state index is 11.9. The number of alkyl halides is 2. The van der Waals surface area contributed by atoms with E-state index in [9.17, 15) is 13.6 Å². The summed E-state index contributed by atoms with van der Waals surface area (Å²) in [4.78, 5) is 19.4. The van der Waals surface area contributed by atoms with Crippen LogP contribution < -0.4 is 0 Å². The zero-order chi connectivity index (χ0) is 9.14. The van der Waals surface area contributed by atoms with E-state index in [1.165, 1.54) is 0 Å². The minimum absolute atomic E-state index is 0.212. The van der Waals surface area contributed by atoms with Crippen LogP contribution in [0.3, 0.4) is 0 Å². The highest BCUT2D eigenvalue weighted by molar-refractivity contribution is 5.75. The van der Waals surface area contributed by atoms with Crippen molar-refractivity contribution in [2.75, 3.05) is 6.61 Å². The third-order valence-corrected chi connectivity index (χ3v) is 1.73. The third-order valence-electron chi connectivity index (χ3n) is 1.73. The van der Waals surface area contributed by atoms with Crippen LogP contribution in [-0.4, -0.2) is 19.0 Å². The molecule has 0 aromatic rings. The van der Waals surface area contributed by atoms with E-state index in [2.05, 4.69) is 9.78 Å². The topological polar surface area (TPSA) is 35.5 Å². The van der Waals surface area contributed by atoms with Crippen molar-refractivity contribution in [3.8, 4) is 0 Å². The van der Waals surface area contributed by atoms with Crippen LogP contribution in [0.4, 0.5) is 8.78 Å². The Bertz CT molecular complexity index is 172. The number of hydrogen-bond donors (Lipinski definition) is 0. The Kier molecular flexibility index (Phi) is 2.97. The number of hydrogen-bond acceptors (Lipinski definition) is 3. The maximum Gasteiger partial charge on any atom is 0.345 e. The molecule has 0 saturated heterocycles. The largest absolute Gasteiger partial charge is 0.345 e. The first-order valence-corrected chi connectivity index (χ1v) is 3.78. The second-order valence-corrected chi connectivity index (χ2v) is 2.65. The molecule has 0 spiro atoms. The summed E-state index contributed by atoms with van der Waals surface area (Å²) in [6.07, 6.45) is -2.21. The predicted molar refractivity (Wildman–Crippen MR) is 35.3 cm³/mol. The van der Waals surface area contributed by atoms with Gasteiger partial charge in [0.1, 0.15) is 0 Å². The lowest BCUT2D eigenvalue weighted by molar-refractivity contribution is -0.271. The predicted octanol–water partition coefficient (Wildman–Crippen LogP) is 1.38. The van der Waals surface area contributed by atoms with Gasteiger partial charge in [-0.2, -0.15) is 4.89 Å². The van der Waals surface area contributed by atoms with E-state index in [0.29, 0.717) is 0 Å². The van der Waals surface area contributed by atoms with E-state index in [4.69, 9.17) is 0 Å². The van der Waals surface area contributed by atoms with Crippen LogP contribution in [0.1, 0.15) is 13.3 Å². The van der Waals surface area contributed by atoms with Gasteiger partial charge in [0, 0.05) is 5.92 Å². The van der Waals surface area contributed by atoms with E-state index in [1.54, 1.807) is 6.92 Å². The quantitative estimate of drug-likeness (QED) is 0.484. The second-order valence-electron chi connectivity index (χ2n) is 2.65. The van der Waals surface area contributed by atoms with Gasteiger partial charge in [0.25, 0.3) is 0 Å². The van der Waals surface area contributed by atoms with Gasteiger partial charge in [0.05, 0.1) is 12.5 Å². The van der Waals surface area contributed by atoms with Crippen LogP contribution in [0.5, 0.6) is 0 Å². The molecule has 0 N–H and O–H groups in total. The summed E-state index contributed by atoms with van der Waals surface area (Å²) >= 11 is 0. The van der Waals surface area contributed by atoms with Crippen molar-refractivity contribution in [3.63, 3.8) is 0 Å². The molecule has 1 saturated carbocycles. The lowest BCUT2D eigenvalue weighted by Gasteiger charge is -1.99. The summed E-state index contributed by atoms with van der Waals surface area (Å²) in [6.45, 7) is 1.88. The summed E-state index contributed by atoms with van der Waals surface area (Å²) < 4.78 is 23.8. The van der Waals surface area contributed by atoms with E-state index < -0.39 is 24.2 Å². The first-order valence-electron chi connectivity index (χ1n) is 3.78. The molecular weight excluding hydrogens is 170 g/mol. The molecule has 0 aromatic carbocycles. The Labute approximate surface area is 68.6 Å². The average Bonchev–Trinajstić information content (AvgIpc) is 2.78. The molecule has 1 fully saturated rings. The molecule has 0 aromatic heterocycles. The zero-order valence-corrected chi connectivity index (χ0v) is 6.63. The summed E-state index contributed by atoms with van der Waals surface area (Å²) in [5.74, 6) is -2.16. The van der Waals surface area contributed by atoms with Gasteiger partial charge in [-0.1, -0.05) is 0 Å². The van der Waals surface area contributed by atoms with E-state index in [-0.39, 0.29) is 13.0 Å². The van der Waals surface area contributed by atoms with Gasteiger partial charge in [-0.25, -0.2) is 13.6 Å². The van der Waals surface area contributed by atoms with Gasteiger partial charge in [-0.05, 0) is 13.3 Å². The van der Waals surface area contributed by atoms with E-state index >= 15 is 0 Å². The molecule has 1 rings (SSSR count). The molecule has 0 aliphatic heterocycles. The molecule has 0 amide bonds. The standard InChI is InChI=1S/C7H10F2O3/c1-2-11-12-7(10)5-3-4(5)6(8)9/h4-6H,2-3H2,1H3. The summed E-state index contributed by atoms with van der Waals surface area (Å²) in [5.41, 5.74) is 0. The molecular formula is C7H10F2O3. The molecule has 0 heterocycles. The minimum atomic E-state index is -2.43. The lowest BCUT2D eigenvalue weighted by atomic mass is 10.3. The third kappa shape index (κ3) is 2.14. The van der Waals surface area contributed by atoms with Crippen LogP contribution in [0.25, 0.3) is 0 Å². The molecule has 3 nitrogen and oxygen atoms in total. The summed E-state index contributed by atoms with van der Waals surface area (Å²) in [6, 6.07) is 0. The van der Waals surface area contributed by atoms with Crippen molar-refractivity contribution in [1.29, 1.82) is 0 Å². The van der Waals surface area contributed by atoms with Crippen molar-refractivity contribution >= 4 is 5.97 Å². The highest BCUT2D eigenvalue weighted by Crippen LogP contribution is 2.43. The smallest absolute Gasteiger partial charge is 0.298 e. The molecule has 1 aliphatic carbocycles. The Balaban J connectivity index is 2.19. The molecule has 2 unspecified atom stereocenters. The summed E-state index contributed by atoms with van der Waals surface area (Å²) in [7, 11) is 0. The highest BCUT2D eigenvalue weighted by Gasteiger charge is 2.50. The Morgan fingerprint density at radius 3 is 2.75 bits per heavy atom. The Hall–Kier alpha value is -0.710. The minimum Gasteiger partial charge on any atom is -0.298 e. The number of carbonyl (C=O) groups excluding carboxylic acids is 1. The van der Waals surface area contributed by atoms with Gasteiger partial charge in [0.2, 0.25) is 6.43 Å². The Morgan fingerprint density at radius 1 is 1.67 bits per heavy atom. The first-order chi connectivity index (χ1) is 5.66. The average molecular weight is 180 g/mol. The van der Waals surface area contributed by atoms with Crippen LogP contribution >= 0.6 is 0 Å². The van der Waals surface area contributed by atoms with Gasteiger partial charge in [-0.15, -0.1) is 0 Å². The van der Waals surface area contributed by atoms with Crippen LogP contribution in [0.15, 0.2) is 0 Å². The van der Waals surface area contributed by atoms with Crippen molar-refractivity contribution < 1.29 is 23.4 Å². The lowest BCUT2D eigenvalue weighted by Crippen LogP contribution is -2.10. The fourth-order valence-electron chi connectivity index (χ4n) is 0.943. The maximum atomic E-state index is 11.9. The monoisotopic (exact) mass is 180 g/mol. The van der Waals surface area contributed by atoms with Gasteiger partial charge in [0.15, 0.2) is 0 Å². The fourth-order valence-corrected chi connectivity index (χ4v) is 0.943. The molecule has 12 heavy (non-hydrogen) atoms. The highest BCUT2D eigenvalue weighted by atomic mass is 19.3. The van der Waals surface area contributed by atoms with Crippen LogP contribution in [0, 0.1) is 11.8 Å². The fraction of sp³-hybridized carbons (Fsp3) is 0.857. The van der Waals surface area contributed by atoms with Gasteiger partial charge < -0.3 is 0 Å². The first kappa shape index (κ1) is 9.38. The molecule has 0 radical (unpaired) electrons. The SMILES string of the molecule is CCOOC(=O)C1CC1C(F)F. The number of carbonyl (C=O) groups is 1. The normalized spacial score (nSPS) is 27.3. The molecule has 2 atom stereocenters. The summed E-state index contributed by atoms with van der Waals surface area (Å²) in [5, 5.41) is 0. The number of halogens is 2. The van der Waals surface area contributed by atoms with E-state index in [0.717, 1.165) is 0 Å². The van der Waals surface area contributed by atoms with Crippen molar-refractivity contribution in [2.24, 2.45) is 11.8 Å². The molecule has 0 bridgehead atoms. The molecule has 5 heteroatoms.